The molecule has 1 aliphatic rings. The number of aromatic nitrogens is 2. The Morgan fingerprint density at radius 2 is 2.07 bits per heavy atom. The van der Waals surface area contributed by atoms with Crippen molar-refractivity contribution >= 4 is 0 Å². The van der Waals surface area contributed by atoms with Crippen LogP contribution in [-0.4, -0.2) is 9.97 Å². The molecule has 1 heterocycles. The van der Waals surface area contributed by atoms with Crippen LogP contribution in [0.4, 0.5) is 0 Å². The van der Waals surface area contributed by atoms with Gasteiger partial charge in [-0.05, 0) is 19.3 Å². The van der Waals surface area contributed by atoms with E-state index in [2.05, 4.69) is 9.97 Å². The van der Waals surface area contributed by atoms with Gasteiger partial charge in [0.15, 0.2) is 0 Å². The molecule has 0 saturated heterocycles. The highest BCUT2D eigenvalue weighted by atomic mass is 14.8. The number of rotatable bonds is 3. The maximum Gasteiger partial charge on any atom is 0.0754 e. The molecule has 1 fully saturated rings. The molecule has 0 spiro atoms. The van der Waals surface area contributed by atoms with Gasteiger partial charge in [-0.3, -0.25) is 9.97 Å². The maximum absolute atomic E-state index is 6.12. The molecule has 3 nitrogen and oxygen atoms in total. The fourth-order valence-electron chi connectivity index (χ4n) is 2.32. The van der Waals surface area contributed by atoms with E-state index in [0.717, 1.165) is 23.7 Å². The van der Waals surface area contributed by atoms with Crippen molar-refractivity contribution in [3.05, 3.63) is 23.8 Å². The molecule has 1 unspecified atom stereocenters. The first-order chi connectivity index (χ1) is 7.25. The molecule has 1 aromatic heterocycles. The fourth-order valence-corrected chi connectivity index (χ4v) is 2.32. The summed E-state index contributed by atoms with van der Waals surface area (Å²) in [5, 5.41) is 0. The minimum atomic E-state index is 0.0706. The van der Waals surface area contributed by atoms with Gasteiger partial charge in [-0.1, -0.05) is 25.7 Å². The second-order valence-corrected chi connectivity index (χ2v) is 4.58. The van der Waals surface area contributed by atoms with E-state index in [1.165, 1.54) is 25.7 Å². The Labute approximate surface area is 91.1 Å². The van der Waals surface area contributed by atoms with Crippen molar-refractivity contribution in [2.45, 2.75) is 45.1 Å². The number of hydrogen-bond donors (Lipinski definition) is 1. The summed E-state index contributed by atoms with van der Waals surface area (Å²) in [6.07, 6.45) is 10.1. The minimum Gasteiger partial charge on any atom is -0.323 e. The second kappa shape index (κ2) is 4.71. The normalized spacial score (nSPS) is 19.3. The molecular formula is C12H19N3. The first kappa shape index (κ1) is 10.6. The van der Waals surface area contributed by atoms with Crippen LogP contribution in [0.2, 0.25) is 0 Å². The lowest BCUT2D eigenvalue weighted by Gasteiger charge is -2.15. The Hall–Kier alpha value is -0.960. The number of hydrogen-bond acceptors (Lipinski definition) is 3. The van der Waals surface area contributed by atoms with Crippen LogP contribution in [0.1, 0.15) is 49.5 Å². The molecule has 0 aromatic carbocycles. The standard InChI is InChI=1S/C12H19N3/c1-9-7-15-12(8-14-9)11(13)6-10-4-2-3-5-10/h7-8,10-11H,2-6,13H2,1H3. The Morgan fingerprint density at radius 3 is 2.67 bits per heavy atom. The van der Waals surface area contributed by atoms with Gasteiger partial charge in [-0.15, -0.1) is 0 Å². The smallest absolute Gasteiger partial charge is 0.0754 e. The molecule has 15 heavy (non-hydrogen) atoms. The van der Waals surface area contributed by atoms with Crippen LogP contribution in [-0.2, 0) is 0 Å². The second-order valence-electron chi connectivity index (χ2n) is 4.58. The lowest BCUT2D eigenvalue weighted by Crippen LogP contribution is -2.15. The molecule has 0 amide bonds. The zero-order chi connectivity index (χ0) is 10.7. The van der Waals surface area contributed by atoms with Crippen LogP contribution in [0.5, 0.6) is 0 Å². The van der Waals surface area contributed by atoms with Crippen LogP contribution >= 0.6 is 0 Å². The van der Waals surface area contributed by atoms with Gasteiger partial charge in [0.05, 0.1) is 17.6 Å². The summed E-state index contributed by atoms with van der Waals surface area (Å²) >= 11 is 0. The Balaban J connectivity index is 1.94. The summed E-state index contributed by atoms with van der Waals surface area (Å²) in [4.78, 5) is 8.57. The molecule has 0 aliphatic heterocycles. The first-order valence-electron chi connectivity index (χ1n) is 5.80. The highest BCUT2D eigenvalue weighted by molar-refractivity contribution is 5.05. The largest absolute Gasteiger partial charge is 0.323 e. The van der Waals surface area contributed by atoms with Gasteiger partial charge in [-0.25, -0.2) is 0 Å². The summed E-state index contributed by atoms with van der Waals surface area (Å²) in [5.41, 5.74) is 8.01. The third-order valence-electron chi connectivity index (χ3n) is 3.24. The van der Waals surface area contributed by atoms with E-state index in [9.17, 15) is 0 Å². The Morgan fingerprint density at radius 1 is 1.33 bits per heavy atom. The van der Waals surface area contributed by atoms with Crippen molar-refractivity contribution in [2.24, 2.45) is 11.7 Å². The highest BCUT2D eigenvalue weighted by Gasteiger charge is 2.19. The van der Waals surface area contributed by atoms with E-state index >= 15 is 0 Å². The SMILES string of the molecule is Cc1cnc(C(N)CC2CCCC2)cn1. The summed E-state index contributed by atoms with van der Waals surface area (Å²) in [6, 6.07) is 0.0706. The average Bonchev–Trinajstić information content (AvgIpc) is 2.71. The molecule has 3 heteroatoms. The van der Waals surface area contributed by atoms with Gasteiger partial charge in [0.1, 0.15) is 0 Å². The summed E-state index contributed by atoms with van der Waals surface area (Å²) in [5.74, 6) is 0.808. The van der Waals surface area contributed by atoms with Gasteiger partial charge >= 0.3 is 0 Å². The van der Waals surface area contributed by atoms with Crippen LogP contribution in [0.3, 0.4) is 0 Å². The average molecular weight is 205 g/mol. The summed E-state index contributed by atoms with van der Waals surface area (Å²) in [7, 11) is 0. The van der Waals surface area contributed by atoms with Gasteiger partial charge in [0, 0.05) is 12.2 Å². The molecule has 1 atom stereocenters. The zero-order valence-electron chi connectivity index (χ0n) is 9.32. The monoisotopic (exact) mass is 205 g/mol. The van der Waals surface area contributed by atoms with Crippen LogP contribution < -0.4 is 5.73 Å². The van der Waals surface area contributed by atoms with Gasteiger partial charge < -0.3 is 5.73 Å². The molecular weight excluding hydrogens is 186 g/mol. The molecule has 0 bridgehead atoms. The van der Waals surface area contributed by atoms with E-state index in [4.69, 9.17) is 5.73 Å². The third-order valence-corrected chi connectivity index (χ3v) is 3.24. The third kappa shape index (κ3) is 2.75. The van der Waals surface area contributed by atoms with Crippen LogP contribution in [0.25, 0.3) is 0 Å². The maximum atomic E-state index is 6.12. The number of aryl methyl sites for hydroxylation is 1. The van der Waals surface area contributed by atoms with E-state index in [-0.39, 0.29) is 6.04 Å². The Kier molecular flexibility index (Phi) is 3.31. The lowest BCUT2D eigenvalue weighted by molar-refractivity contribution is 0.445. The first-order valence-corrected chi connectivity index (χ1v) is 5.80. The van der Waals surface area contributed by atoms with Crippen molar-refractivity contribution in [3.8, 4) is 0 Å². The molecule has 1 aromatic rings. The fraction of sp³-hybridized carbons (Fsp3) is 0.667. The zero-order valence-corrected chi connectivity index (χ0v) is 9.32. The lowest BCUT2D eigenvalue weighted by atomic mass is 9.97. The molecule has 1 saturated carbocycles. The summed E-state index contributed by atoms with van der Waals surface area (Å²) < 4.78 is 0. The van der Waals surface area contributed by atoms with E-state index in [1.807, 2.05) is 13.1 Å². The van der Waals surface area contributed by atoms with Crippen molar-refractivity contribution in [2.75, 3.05) is 0 Å². The minimum absolute atomic E-state index is 0.0706. The van der Waals surface area contributed by atoms with Crippen molar-refractivity contribution < 1.29 is 0 Å². The van der Waals surface area contributed by atoms with Gasteiger partial charge in [0.2, 0.25) is 0 Å². The predicted octanol–water partition coefficient (Wildman–Crippen LogP) is 2.37. The van der Waals surface area contributed by atoms with Gasteiger partial charge in [-0.2, -0.15) is 0 Å². The molecule has 82 valence electrons. The summed E-state index contributed by atoms with van der Waals surface area (Å²) in [6.45, 7) is 1.94. The quantitative estimate of drug-likeness (QED) is 0.824. The highest BCUT2D eigenvalue weighted by Crippen LogP contribution is 2.31. The Bertz CT molecular complexity index is 301. The molecule has 1 aliphatic carbocycles. The van der Waals surface area contributed by atoms with Crippen molar-refractivity contribution in [1.29, 1.82) is 0 Å². The topological polar surface area (TPSA) is 51.8 Å². The number of nitrogens with zero attached hydrogens (tertiary/aromatic N) is 2. The van der Waals surface area contributed by atoms with E-state index < -0.39 is 0 Å². The predicted molar refractivity (Wildman–Crippen MR) is 60.3 cm³/mol. The van der Waals surface area contributed by atoms with Crippen LogP contribution in [0.15, 0.2) is 12.4 Å². The molecule has 0 radical (unpaired) electrons. The van der Waals surface area contributed by atoms with Crippen LogP contribution in [0, 0.1) is 12.8 Å². The molecule has 2 rings (SSSR count). The van der Waals surface area contributed by atoms with Gasteiger partial charge in [0.25, 0.3) is 0 Å². The van der Waals surface area contributed by atoms with Crippen molar-refractivity contribution in [3.63, 3.8) is 0 Å². The number of nitrogens with two attached hydrogens (primary N) is 1. The van der Waals surface area contributed by atoms with E-state index in [1.54, 1.807) is 6.20 Å². The van der Waals surface area contributed by atoms with E-state index in [0.29, 0.717) is 0 Å². The van der Waals surface area contributed by atoms with Crippen molar-refractivity contribution in [1.82, 2.24) is 9.97 Å². The molecule has 2 N–H and O–H groups in total.